The van der Waals surface area contributed by atoms with Crippen molar-refractivity contribution in [1.29, 1.82) is 0 Å². The Hall–Kier alpha value is -2.74. The molecular weight excluding hydrogens is 354 g/mol. The van der Waals surface area contributed by atoms with Gasteiger partial charge in [0.05, 0.1) is 31.8 Å². The number of Topliss-reactive ketones (excluding diaryl/α,β-unsaturated/α-hetero) is 1. The SMILES string of the molecule is CCn1c(SCC(=O)c2ccc(OC)cc2OC)nnc1-c1ccco1. The number of hydrogen-bond acceptors (Lipinski definition) is 7. The van der Waals surface area contributed by atoms with E-state index in [1.54, 1.807) is 37.6 Å². The van der Waals surface area contributed by atoms with E-state index in [4.69, 9.17) is 13.9 Å². The summed E-state index contributed by atoms with van der Waals surface area (Å²) in [6, 6.07) is 8.78. The van der Waals surface area contributed by atoms with Gasteiger partial charge in [-0.1, -0.05) is 11.8 Å². The highest BCUT2D eigenvalue weighted by Crippen LogP contribution is 2.28. The number of rotatable bonds is 8. The van der Waals surface area contributed by atoms with Crippen molar-refractivity contribution in [1.82, 2.24) is 14.8 Å². The van der Waals surface area contributed by atoms with Crippen molar-refractivity contribution in [3.05, 3.63) is 42.2 Å². The lowest BCUT2D eigenvalue weighted by atomic mass is 10.1. The Morgan fingerprint density at radius 1 is 1.23 bits per heavy atom. The van der Waals surface area contributed by atoms with Crippen molar-refractivity contribution >= 4 is 17.5 Å². The third kappa shape index (κ3) is 3.60. The third-order valence-electron chi connectivity index (χ3n) is 3.82. The second kappa shape index (κ2) is 8.09. The normalized spacial score (nSPS) is 10.7. The molecule has 3 rings (SSSR count). The zero-order chi connectivity index (χ0) is 18.5. The number of methoxy groups -OCH3 is 2. The van der Waals surface area contributed by atoms with E-state index in [0.717, 1.165) is 0 Å². The predicted octanol–water partition coefficient (Wildman–Crippen LogP) is 3.55. The fourth-order valence-corrected chi connectivity index (χ4v) is 3.39. The van der Waals surface area contributed by atoms with Crippen LogP contribution < -0.4 is 9.47 Å². The molecule has 0 aliphatic carbocycles. The molecule has 0 bridgehead atoms. The molecule has 0 aliphatic heterocycles. The van der Waals surface area contributed by atoms with Crippen molar-refractivity contribution < 1.29 is 18.7 Å². The molecule has 26 heavy (non-hydrogen) atoms. The van der Waals surface area contributed by atoms with E-state index in [1.807, 2.05) is 17.6 Å². The summed E-state index contributed by atoms with van der Waals surface area (Å²) in [7, 11) is 3.10. The molecule has 0 aliphatic rings. The molecule has 0 saturated carbocycles. The summed E-state index contributed by atoms with van der Waals surface area (Å²) in [6.07, 6.45) is 1.59. The Bertz CT molecular complexity index is 890. The lowest BCUT2D eigenvalue weighted by Gasteiger charge is -2.10. The predicted molar refractivity (Wildman–Crippen MR) is 98.0 cm³/mol. The van der Waals surface area contributed by atoms with Crippen LogP contribution in [0.25, 0.3) is 11.6 Å². The minimum absolute atomic E-state index is 0.0558. The van der Waals surface area contributed by atoms with Crippen LogP contribution in [0.2, 0.25) is 0 Å². The molecule has 0 atom stereocenters. The van der Waals surface area contributed by atoms with Crippen LogP contribution in [-0.4, -0.2) is 40.5 Å². The molecule has 0 unspecified atom stereocenters. The molecule has 2 heterocycles. The Morgan fingerprint density at radius 3 is 2.73 bits per heavy atom. The van der Waals surface area contributed by atoms with Crippen molar-refractivity contribution in [3.8, 4) is 23.1 Å². The number of furan rings is 1. The molecule has 7 nitrogen and oxygen atoms in total. The summed E-state index contributed by atoms with van der Waals surface area (Å²) < 4.78 is 17.8. The Morgan fingerprint density at radius 2 is 2.08 bits per heavy atom. The fourth-order valence-electron chi connectivity index (χ4n) is 2.51. The number of hydrogen-bond donors (Lipinski definition) is 0. The van der Waals surface area contributed by atoms with E-state index in [-0.39, 0.29) is 11.5 Å². The summed E-state index contributed by atoms with van der Waals surface area (Å²) in [5, 5.41) is 9.04. The summed E-state index contributed by atoms with van der Waals surface area (Å²) in [5.41, 5.74) is 0.509. The van der Waals surface area contributed by atoms with E-state index in [1.165, 1.54) is 18.9 Å². The van der Waals surface area contributed by atoms with Gasteiger partial charge in [0.2, 0.25) is 0 Å². The molecule has 136 valence electrons. The molecule has 1 aromatic carbocycles. The number of carbonyl (C=O) groups is 1. The molecule has 0 spiro atoms. The minimum atomic E-state index is -0.0558. The number of ether oxygens (including phenoxy) is 2. The van der Waals surface area contributed by atoms with Gasteiger partial charge in [-0.15, -0.1) is 10.2 Å². The second-order valence-electron chi connectivity index (χ2n) is 5.31. The van der Waals surface area contributed by atoms with Gasteiger partial charge in [-0.05, 0) is 31.2 Å². The smallest absolute Gasteiger partial charge is 0.200 e. The van der Waals surface area contributed by atoms with E-state index in [9.17, 15) is 4.79 Å². The highest BCUT2D eigenvalue weighted by molar-refractivity contribution is 7.99. The van der Waals surface area contributed by atoms with Gasteiger partial charge in [-0.25, -0.2) is 0 Å². The maximum Gasteiger partial charge on any atom is 0.200 e. The largest absolute Gasteiger partial charge is 0.497 e. The van der Waals surface area contributed by atoms with Gasteiger partial charge in [-0.3, -0.25) is 9.36 Å². The first-order chi connectivity index (χ1) is 12.7. The van der Waals surface area contributed by atoms with E-state index in [0.29, 0.717) is 40.3 Å². The van der Waals surface area contributed by atoms with Gasteiger partial charge in [0.15, 0.2) is 22.5 Å². The van der Waals surface area contributed by atoms with Crippen LogP contribution in [-0.2, 0) is 6.54 Å². The van der Waals surface area contributed by atoms with Gasteiger partial charge >= 0.3 is 0 Å². The van der Waals surface area contributed by atoms with E-state index in [2.05, 4.69) is 10.2 Å². The second-order valence-corrected chi connectivity index (χ2v) is 6.25. The molecule has 0 fully saturated rings. The highest BCUT2D eigenvalue weighted by Gasteiger charge is 2.18. The van der Waals surface area contributed by atoms with Gasteiger partial charge < -0.3 is 13.9 Å². The average Bonchev–Trinajstić information content (AvgIpc) is 3.34. The summed E-state index contributed by atoms with van der Waals surface area (Å²) in [6.45, 7) is 2.67. The van der Waals surface area contributed by atoms with Crippen LogP contribution in [0.1, 0.15) is 17.3 Å². The molecule has 2 aromatic heterocycles. The molecule has 0 radical (unpaired) electrons. The van der Waals surface area contributed by atoms with Gasteiger partial charge in [0, 0.05) is 12.6 Å². The van der Waals surface area contributed by atoms with Crippen LogP contribution in [0.3, 0.4) is 0 Å². The average molecular weight is 373 g/mol. The molecule has 8 heteroatoms. The summed E-state index contributed by atoms with van der Waals surface area (Å²) >= 11 is 1.33. The number of nitrogens with zero attached hydrogens (tertiary/aromatic N) is 3. The molecule has 3 aromatic rings. The number of benzene rings is 1. The van der Waals surface area contributed by atoms with Crippen molar-refractivity contribution in [2.45, 2.75) is 18.6 Å². The summed E-state index contributed by atoms with van der Waals surface area (Å²) in [4.78, 5) is 12.6. The van der Waals surface area contributed by atoms with Crippen LogP contribution in [0.5, 0.6) is 11.5 Å². The maximum atomic E-state index is 12.6. The monoisotopic (exact) mass is 373 g/mol. The van der Waals surface area contributed by atoms with Crippen LogP contribution in [0.15, 0.2) is 46.2 Å². The third-order valence-corrected chi connectivity index (χ3v) is 4.78. The van der Waals surface area contributed by atoms with Crippen LogP contribution in [0.4, 0.5) is 0 Å². The van der Waals surface area contributed by atoms with Gasteiger partial charge in [0.1, 0.15) is 11.5 Å². The molecule has 0 N–H and O–H groups in total. The molecule has 0 amide bonds. The molecular formula is C18H19N3O4S. The van der Waals surface area contributed by atoms with Gasteiger partial charge in [-0.2, -0.15) is 0 Å². The van der Waals surface area contributed by atoms with Crippen LogP contribution >= 0.6 is 11.8 Å². The van der Waals surface area contributed by atoms with E-state index >= 15 is 0 Å². The Kier molecular flexibility index (Phi) is 5.62. The van der Waals surface area contributed by atoms with Crippen molar-refractivity contribution in [3.63, 3.8) is 0 Å². The Labute approximate surface area is 155 Å². The molecule has 0 saturated heterocycles. The topological polar surface area (TPSA) is 79.4 Å². The number of thioether (sulfide) groups is 1. The first-order valence-electron chi connectivity index (χ1n) is 8.03. The Balaban J connectivity index is 1.76. The zero-order valence-corrected chi connectivity index (χ0v) is 15.6. The lowest BCUT2D eigenvalue weighted by Crippen LogP contribution is -2.07. The lowest BCUT2D eigenvalue weighted by molar-refractivity contribution is 0.101. The standard InChI is InChI=1S/C18H19N3O4S/c1-4-21-17(15-6-5-9-25-15)19-20-18(21)26-11-14(22)13-8-7-12(23-2)10-16(13)24-3/h5-10H,4,11H2,1-3H3. The maximum absolute atomic E-state index is 12.6. The fraction of sp³-hybridized carbons (Fsp3) is 0.278. The van der Waals surface area contributed by atoms with Crippen molar-refractivity contribution in [2.75, 3.05) is 20.0 Å². The minimum Gasteiger partial charge on any atom is -0.497 e. The van der Waals surface area contributed by atoms with Gasteiger partial charge in [0.25, 0.3) is 0 Å². The number of carbonyl (C=O) groups excluding carboxylic acids is 1. The highest BCUT2D eigenvalue weighted by atomic mass is 32.2. The first-order valence-corrected chi connectivity index (χ1v) is 9.01. The van der Waals surface area contributed by atoms with Crippen LogP contribution in [0, 0.1) is 0 Å². The number of ketones is 1. The summed E-state index contributed by atoms with van der Waals surface area (Å²) in [5.74, 6) is 2.59. The zero-order valence-electron chi connectivity index (χ0n) is 14.8. The first kappa shape index (κ1) is 18.1. The van der Waals surface area contributed by atoms with Crippen molar-refractivity contribution in [2.24, 2.45) is 0 Å². The number of aromatic nitrogens is 3. The quantitative estimate of drug-likeness (QED) is 0.441. The van der Waals surface area contributed by atoms with E-state index < -0.39 is 0 Å².